The standard InChI is InChI=1S/C15H24N2O2S2/c1-11(2)15-17-13(8-20-15)9-21(19)10-14(18)16-12-6-4-3-5-7-12/h8,11-12H,3-7,9-10H2,1-2H3,(H,16,18)/t21-/m0/s1. The Kier molecular flexibility index (Phi) is 6.36. The van der Waals surface area contributed by atoms with Crippen molar-refractivity contribution < 1.29 is 9.00 Å². The van der Waals surface area contributed by atoms with E-state index in [2.05, 4.69) is 24.1 Å². The number of thiazole rings is 1. The van der Waals surface area contributed by atoms with Crippen LogP contribution in [-0.4, -0.2) is 26.9 Å². The molecular weight excluding hydrogens is 304 g/mol. The van der Waals surface area contributed by atoms with Gasteiger partial charge in [-0.3, -0.25) is 9.00 Å². The van der Waals surface area contributed by atoms with Crippen LogP contribution in [0.15, 0.2) is 5.38 Å². The Morgan fingerprint density at radius 3 is 2.76 bits per heavy atom. The summed E-state index contributed by atoms with van der Waals surface area (Å²) in [6.45, 7) is 4.19. The van der Waals surface area contributed by atoms with E-state index in [1.807, 2.05) is 5.38 Å². The summed E-state index contributed by atoms with van der Waals surface area (Å²) in [6, 6.07) is 0.287. The molecule has 4 nitrogen and oxygen atoms in total. The molecule has 1 fully saturated rings. The van der Waals surface area contributed by atoms with Crippen LogP contribution < -0.4 is 5.32 Å². The summed E-state index contributed by atoms with van der Waals surface area (Å²) in [5.41, 5.74) is 0.840. The summed E-state index contributed by atoms with van der Waals surface area (Å²) >= 11 is 1.60. The number of aromatic nitrogens is 1. The van der Waals surface area contributed by atoms with E-state index in [1.54, 1.807) is 11.3 Å². The van der Waals surface area contributed by atoms with Crippen molar-refractivity contribution >= 4 is 28.0 Å². The molecule has 1 aromatic heterocycles. The van der Waals surface area contributed by atoms with Gasteiger partial charge in [0.2, 0.25) is 5.91 Å². The maximum absolute atomic E-state index is 12.1. The summed E-state index contributed by atoms with van der Waals surface area (Å²) in [7, 11) is -1.17. The number of carbonyl (C=O) groups excluding carboxylic acids is 1. The van der Waals surface area contributed by atoms with Gasteiger partial charge in [-0.25, -0.2) is 4.98 Å². The number of carbonyl (C=O) groups is 1. The minimum atomic E-state index is -1.17. The van der Waals surface area contributed by atoms with E-state index in [-0.39, 0.29) is 17.7 Å². The quantitative estimate of drug-likeness (QED) is 0.873. The third kappa shape index (κ3) is 5.51. The Morgan fingerprint density at radius 1 is 1.43 bits per heavy atom. The number of nitrogens with zero attached hydrogens (tertiary/aromatic N) is 1. The Bertz CT molecular complexity index is 494. The first-order valence-corrected chi connectivity index (χ1v) is 10.00. The second-order valence-electron chi connectivity index (χ2n) is 5.96. The van der Waals surface area contributed by atoms with Gasteiger partial charge < -0.3 is 5.32 Å². The zero-order chi connectivity index (χ0) is 15.2. The molecule has 0 radical (unpaired) electrons. The highest BCUT2D eigenvalue weighted by molar-refractivity contribution is 7.84. The van der Waals surface area contributed by atoms with Gasteiger partial charge in [0.25, 0.3) is 0 Å². The molecular formula is C15H24N2O2S2. The van der Waals surface area contributed by atoms with Crippen molar-refractivity contribution in [3.8, 4) is 0 Å². The van der Waals surface area contributed by atoms with Crippen molar-refractivity contribution in [3.05, 3.63) is 16.1 Å². The molecule has 118 valence electrons. The average molecular weight is 329 g/mol. The van der Waals surface area contributed by atoms with Gasteiger partial charge in [0.15, 0.2) is 0 Å². The van der Waals surface area contributed by atoms with E-state index in [0.717, 1.165) is 23.5 Å². The second kappa shape index (κ2) is 8.03. The summed E-state index contributed by atoms with van der Waals surface area (Å²) in [5, 5.41) is 6.02. The maximum Gasteiger partial charge on any atom is 0.232 e. The van der Waals surface area contributed by atoms with Crippen molar-refractivity contribution in [1.82, 2.24) is 10.3 Å². The fourth-order valence-corrected chi connectivity index (χ4v) is 4.43. The molecule has 1 heterocycles. The first kappa shape index (κ1) is 16.6. The topological polar surface area (TPSA) is 59.1 Å². The minimum Gasteiger partial charge on any atom is -0.353 e. The number of rotatable bonds is 6. The van der Waals surface area contributed by atoms with Crippen LogP contribution in [0.1, 0.15) is 62.6 Å². The molecule has 0 aromatic carbocycles. The third-order valence-electron chi connectivity index (χ3n) is 3.63. The van der Waals surface area contributed by atoms with Gasteiger partial charge in [-0.05, 0) is 12.8 Å². The van der Waals surface area contributed by atoms with Gasteiger partial charge in [0, 0.05) is 28.1 Å². The normalized spacial score (nSPS) is 17.9. The van der Waals surface area contributed by atoms with E-state index in [0.29, 0.717) is 11.7 Å². The van der Waals surface area contributed by atoms with Crippen LogP contribution in [0.2, 0.25) is 0 Å². The number of nitrogens with one attached hydrogen (secondary N) is 1. The summed E-state index contributed by atoms with van der Waals surface area (Å²) < 4.78 is 12.1. The van der Waals surface area contributed by atoms with Gasteiger partial charge in [0.05, 0.1) is 16.5 Å². The highest BCUT2D eigenvalue weighted by atomic mass is 32.2. The van der Waals surface area contributed by atoms with E-state index in [4.69, 9.17) is 0 Å². The van der Waals surface area contributed by atoms with Crippen molar-refractivity contribution in [2.75, 3.05) is 5.75 Å². The van der Waals surface area contributed by atoms with Crippen LogP contribution >= 0.6 is 11.3 Å². The Hall–Kier alpha value is -0.750. The van der Waals surface area contributed by atoms with Crippen LogP contribution in [-0.2, 0) is 21.3 Å². The number of hydrogen-bond acceptors (Lipinski definition) is 4. The Balaban J connectivity index is 1.76. The molecule has 2 rings (SSSR count). The average Bonchev–Trinajstić information content (AvgIpc) is 2.88. The summed E-state index contributed by atoms with van der Waals surface area (Å²) in [5.74, 6) is 0.776. The van der Waals surface area contributed by atoms with Crippen LogP contribution in [0.4, 0.5) is 0 Å². The smallest absolute Gasteiger partial charge is 0.232 e. The van der Waals surface area contributed by atoms with Crippen molar-refractivity contribution in [1.29, 1.82) is 0 Å². The lowest BCUT2D eigenvalue weighted by molar-refractivity contribution is -0.119. The fourth-order valence-electron chi connectivity index (χ4n) is 2.53. The SMILES string of the molecule is CC(C)c1nc(C[S@](=O)CC(=O)NC2CCCCC2)cs1. The molecule has 0 saturated heterocycles. The lowest BCUT2D eigenvalue weighted by atomic mass is 9.95. The molecule has 0 unspecified atom stereocenters. The molecule has 1 aliphatic carbocycles. The van der Waals surface area contributed by atoms with Gasteiger partial charge in [-0.2, -0.15) is 0 Å². The monoisotopic (exact) mass is 328 g/mol. The number of amides is 1. The fraction of sp³-hybridized carbons (Fsp3) is 0.733. The van der Waals surface area contributed by atoms with Gasteiger partial charge in [-0.15, -0.1) is 11.3 Å². The van der Waals surface area contributed by atoms with E-state index in [1.165, 1.54) is 19.3 Å². The van der Waals surface area contributed by atoms with Crippen molar-refractivity contribution in [2.24, 2.45) is 0 Å². The molecule has 1 amide bonds. The molecule has 1 atom stereocenters. The molecule has 1 saturated carbocycles. The lowest BCUT2D eigenvalue weighted by Gasteiger charge is -2.22. The van der Waals surface area contributed by atoms with Crippen LogP contribution in [0.3, 0.4) is 0 Å². The summed E-state index contributed by atoms with van der Waals surface area (Å²) in [4.78, 5) is 16.4. The molecule has 0 bridgehead atoms. The molecule has 6 heteroatoms. The van der Waals surface area contributed by atoms with Crippen LogP contribution in [0.5, 0.6) is 0 Å². The van der Waals surface area contributed by atoms with Crippen molar-refractivity contribution in [3.63, 3.8) is 0 Å². The minimum absolute atomic E-state index is 0.0838. The third-order valence-corrected chi connectivity index (χ3v) is 6.03. The predicted molar refractivity (Wildman–Crippen MR) is 87.9 cm³/mol. The van der Waals surface area contributed by atoms with E-state index < -0.39 is 10.8 Å². The highest BCUT2D eigenvalue weighted by Crippen LogP contribution is 2.20. The van der Waals surface area contributed by atoms with E-state index in [9.17, 15) is 9.00 Å². The second-order valence-corrected chi connectivity index (χ2v) is 8.31. The molecule has 1 aromatic rings. The van der Waals surface area contributed by atoms with E-state index >= 15 is 0 Å². The predicted octanol–water partition coefficient (Wildman–Crippen LogP) is 2.96. The highest BCUT2D eigenvalue weighted by Gasteiger charge is 2.17. The van der Waals surface area contributed by atoms with Crippen LogP contribution in [0.25, 0.3) is 0 Å². The summed E-state index contributed by atoms with van der Waals surface area (Å²) in [6.07, 6.45) is 5.75. The molecule has 1 aliphatic rings. The zero-order valence-electron chi connectivity index (χ0n) is 12.8. The van der Waals surface area contributed by atoms with Crippen molar-refractivity contribution in [2.45, 2.75) is 63.7 Å². The van der Waals surface area contributed by atoms with Gasteiger partial charge in [-0.1, -0.05) is 33.1 Å². The number of hydrogen-bond donors (Lipinski definition) is 1. The first-order valence-electron chi connectivity index (χ1n) is 7.63. The molecule has 0 aliphatic heterocycles. The lowest BCUT2D eigenvalue weighted by Crippen LogP contribution is -2.38. The zero-order valence-corrected chi connectivity index (χ0v) is 14.4. The van der Waals surface area contributed by atoms with Crippen LogP contribution in [0, 0.1) is 0 Å². The van der Waals surface area contributed by atoms with Gasteiger partial charge in [0.1, 0.15) is 5.75 Å². The largest absolute Gasteiger partial charge is 0.353 e. The Morgan fingerprint density at radius 2 is 2.14 bits per heavy atom. The van der Waals surface area contributed by atoms with Gasteiger partial charge >= 0.3 is 0 Å². The maximum atomic E-state index is 12.1. The molecule has 1 N–H and O–H groups in total. The first-order chi connectivity index (χ1) is 10.0. The Labute approximate surface area is 133 Å². The molecule has 21 heavy (non-hydrogen) atoms. The molecule has 0 spiro atoms.